The minimum absolute atomic E-state index is 0.0564. The summed E-state index contributed by atoms with van der Waals surface area (Å²) in [6.07, 6.45) is 2.39. The van der Waals surface area contributed by atoms with E-state index < -0.39 is 11.5 Å². The van der Waals surface area contributed by atoms with E-state index in [-0.39, 0.29) is 12.3 Å². The van der Waals surface area contributed by atoms with E-state index >= 15 is 0 Å². The van der Waals surface area contributed by atoms with Crippen LogP contribution in [0.3, 0.4) is 0 Å². The molecule has 0 spiro atoms. The molecular weight excluding hydrogens is 234 g/mol. The van der Waals surface area contributed by atoms with Crippen molar-refractivity contribution in [2.75, 3.05) is 6.61 Å². The number of nitrogens with zero attached hydrogens (tertiary/aromatic N) is 3. The van der Waals surface area contributed by atoms with Crippen molar-refractivity contribution in [3.8, 4) is 6.07 Å². The van der Waals surface area contributed by atoms with Crippen LogP contribution in [-0.2, 0) is 4.74 Å². The average Bonchev–Trinajstić information content (AvgIpc) is 2.39. The molecule has 2 aromatic heterocycles. The molecule has 0 unspecified atom stereocenters. The van der Waals surface area contributed by atoms with Gasteiger partial charge in [0.1, 0.15) is 6.07 Å². The Morgan fingerprint density at radius 1 is 1.56 bits per heavy atom. The summed E-state index contributed by atoms with van der Waals surface area (Å²) in [4.78, 5) is 27.1. The summed E-state index contributed by atoms with van der Waals surface area (Å²) in [5, 5.41) is 8.78. The second-order valence-corrected chi connectivity index (χ2v) is 3.45. The fourth-order valence-electron chi connectivity index (χ4n) is 1.55. The Bertz CT molecular complexity index is 713. The molecule has 0 fully saturated rings. The summed E-state index contributed by atoms with van der Waals surface area (Å²) >= 11 is 0. The smallest absolute Gasteiger partial charge is 0.359 e. The highest BCUT2D eigenvalue weighted by molar-refractivity contribution is 5.94. The zero-order chi connectivity index (χ0) is 13.1. The third-order valence-corrected chi connectivity index (χ3v) is 2.33. The highest BCUT2D eigenvalue weighted by Crippen LogP contribution is 2.09. The number of fused-ring (bicyclic) bond motifs is 1. The Balaban J connectivity index is 2.72. The minimum atomic E-state index is -0.597. The van der Waals surface area contributed by atoms with Crippen LogP contribution < -0.4 is 5.56 Å². The van der Waals surface area contributed by atoms with E-state index in [0.717, 1.165) is 6.20 Å². The van der Waals surface area contributed by atoms with Gasteiger partial charge in [0.15, 0.2) is 5.69 Å². The van der Waals surface area contributed by atoms with Crippen LogP contribution in [0.4, 0.5) is 0 Å². The molecule has 0 amide bonds. The first-order valence-electron chi connectivity index (χ1n) is 5.26. The van der Waals surface area contributed by atoms with Crippen LogP contribution in [0, 0.1) is 11.3 Å². The van der Waals surface area contributed by atoms with Crippen molar-refractivity contribution in [2.24, 2.45) is 0 Å². The number of carbonyl (C=O) groups is 1. The molecule has 0 saturated heterocycles. The first-order chi connectivity index (χ1) is 8.67. The largest absolute Gasteiger partial charge is 0.461 e. The maximum absolute atomic E-state index is 11.7. The summed E-state index contributed by atoms with van der Waals surface area (Å²) in [5.41, 5.74) is 0.293. The van der Waals surface area contributed by atoms with Gasteiger partial charge in [-0.3, -0.25) is 9.20 Å². The van der Waals surface area contributed by atoms with Crippen molar-refractivity contribution in [1.29, 1.82) is 5.26 Å². The van der Waals surface area contributed by atoms with Crippen LogP contribution in [0.15, 0.2) is 29.3 Å². The number of nitriles is 1. The summed E-state index contributed by atoms with van der Waals surface area (Å²) < 4.78 is 6.06. The molecule has 2 heterocycles. The maximum Gasteiger partial charge on any atom is 0.359 e. The third kappa shape index (κ3) is 1.94. The Kier molecular flexibility index (Phi) is 3.06. The van der Waals surface area contributed by atoms with Crippen LogP contribution in [0.1, 0.15) is 23.0 Å². The van der Waals surface area contributed by atoms with Crippen molar-refractivity contribution in [2.45, 2.75) is 6.92 Å². The minimum Gasteiger partial charge on any atom is -0.461 e. The van der Waals surface area contributed by atoms with Gasteiger partial charge in [0.2, 0.25) is 0 Å². The van der Waals surface area contributed by atoms with E-state index in [9.17, 15) is 9.59 Å². The number of hydrogen-bond donors (Lipinski definition) is 0. The summed E-state index contributed by atoms with van der Waals surface area (Å²) in [7, 11) is 0. The molecule has 2 aromatic rings. The number of hydrogen-bond acceptors (Lipinski definition) is 5. The number of pyridine rings is 1. The van der Waals surface area contributed by atoms with Gasteiger partial charge in [-0.1, -0.05) is 0 Å². The zero-order valence-electron chi connectivity index (χ0n) is 9.58. The van der Waals surface area contributed by atoms with E-state index in [0.29, 0.717) is 11.1 Å². The average molecular weight is 243 g/mol. The zero-order valence-corrected chi connectivity index (χ0v) is 9.58. The summed E-state index contributed by atoms with van der Waals surface area (Å²) in [5.74, 6) is -0.597. The Morgan fingerprint density at radius 2 is 2.33 bits per heavy atom. The molecule has 0 aliphatic heterocycles. The number of aromatic nitrogens is 2. The van der Waals surface area contributed by atoms with Gasteiger partial charge in [-0.15, -0.1) is 0 Å². The lowest BCUT2D eigenvalue weighted by atomic mass is 10.2. The molecule has 0 radical (unpaired) electrons. The molecule has 18 heavy (non-hydrogen) atoms. The van der Waals surface area contributed by atoms with Gasteiger partial charge >= 0.3 is 5.97 Å². The molecule has 6 nitrogen and oxygen atoms in total. The van der Waals surface area contributed by atoms with Gasteiger partial charge in [0, 0.05) is 6.20 Å². The van der Waals surface area contributed by atoms with E-state index in [4.69, 9.17) is 10.00 Å². The Morgan fingerprint density at radius 3 is 3.00 bits per heavy atom. The van der Waals surface area contributed by atoms with Crippen LogP contribution >= 0.6 is 0 Å². The summed E-state index contributed by atoms with van der Waals surface area (Å²) in [6.45, 7) is 1.91. The van der Waals surface area contributed by atoms with Gasteiger partial charge in [-0.05, 0) is 19.1 Å². The lowest BCUT2D eigenvalue weighted by molar-refractivity contribution is 0.0521. The van der Waals surface area contributed by atoms with Gasteiger partial charge in [-0.2, -0.15) is 5.26 Å². The number of rotatable bonds is 2. The third-order valence-electron chi connectivity index (χ3n) is 2.33. The number of esters is 1. The van der Waals surface area contributed by atoms with Gasteiger partial charge < -0.3 is 4.74 Å². The molecule has 0 N–H and O–H groups in total. The van der Waals surface area contributed by atoms with Crippen molar-refractivity contribution in [3.05, 3.63) is 46.1 Å². The van der Waals surface area contributed by atoms with Gasteiger partial charge in [0.25, 0.3) is 5.56 Å². The molecule has 0 bridgehead atoms. The quantitative estimate of drug-likeness (QED) is 0.726. The number of carbonyl (C=O) groups excluding carboxylic acids is 1. The molecule has 0 saturated carbocycles. The van der Waals surface area contributed by atoms with Crippen molar-refractivity contribution >= 4 is 11.5 Å². The molecule has 0 aromatic carbocycles. The first kappa shape index (κ1) is 11.8. The predicted octanol–water partition coefficient (Wildman–Crippen LogP) is 0.743. The van der Waals surface area contributed by atoms with E-state index in [2.05, 4.69) is 4.98 Å². The van der Waals surface area contributed by atoms with Gasteiger partial charge in [0.05, 0.1) is 23.9 Å². The van der Waals surface area contributed by atoms with Crippen LogP contribution in [-0.4, -0.2) is 22.0 Å². The molecule has 90 valence electrons. The second-order valence-electron chi connectivity index (χ2n) is 3.45. The topological polar surface area (TPSA) is 84.5 Å². The fourth-order valence-corrected chi connectivity index (χ4v) is 1.55. The van der Waals surface area contributed by atoms with Crippen LogP contribution in [0.2, 0.25) is 0 Å². The predicted molar refractivity (Wildman–Crippen MR) is 62.1 cm³/mol. The van der Waals surface area contributed by atoms with E-state index in [1.807, 2.05) is 6.07 Å². The molecule has 0 aliphatic carbocycles. The normalized spacial score (nSPS) is 10.0. The van der Waals surface area contributed by atoms with Crippen molar-refractivity contribution in [3.63, 3.8) is 0 Å². The standard InChI is InChI=1S/C12H9N3O3/c1-2-18-12(17)11-9-4-3-8(5-13)7-15(9)10(16)6-14-11/h3-4,6-7H,2H2,1H3. The maximum atomic E-state index is 11.7. The van der Waals surface area contributed by atoms with E-state index in [1.54, 1.807) is 6.92 Å². The number of ether oxygens (including phenoxy) is 1. The highest BCUT2D eigenvalue weighted by Gasteiger charge is 2.14. The van der Waals surface area contributed by atoms with Gasteiger partial charge in [-0.25, -0.2) is 9.78 Å². The van der Waals surface area contributed by atoms with E-state index in [1.165, 1.54) is 22.7 Å². The second kappa shape index (κ2) is 4.67. The highest BCUT2D eigenvalue weighted by atomic mass is 16.5. The van der Waals surface area contributed by atoms with Crippen LogP contribution in [0.5, 0.6) is 0 Å². The molecule has 2 rings (SSSR count). The lowest BCUT2D eigenvalue weighted by Crippen LogP contribution is -2.19. The first-order valence-corrected chi connectivity index (χ1v) is 5.26. The monoisotopic (exact) mass is 243 g/mol. The van der Waals surface area contributed by atoms with Crippen molar-refractivity contribution in [1.82, 2.24) is 9.38 Å². The van der Waals surface area contributed by atoms with Crippen LogP contribution in [0.25, 0.3) is 5.52 Å². The fraction of sp³-hybridized carbons (Fsp3) is 0.167. The Hall–Kier alpha value is -2.68. The SMILES string of the molecule is CCOC(=O)c1ncc(=O)n2cc(C#N)ccc12. The Labute approximate surface area is 102 Å². The van der Waals surface area contributed by atoms with Crippen molar-refractivity contribution < 1.29 is 9.53 Å². The molecule has 0 aliphatic rings. The summed E-state index contributed by atoms with van der Waals surface area (Å²) in [6, 6.07) is 4.94. The molecule has 6 heteroatoms. The molecule has 0 atom stereocenters. The lowest BCUT2D eigenvalue weighted by Gasteiger charge is -2.05. The molecular formula is C12H9N3O3.